The predicted molar refractivity (Wildman–Crippen MR) is 129 cm³/mol. The third-order valence-corrected chi connectivity index (χ3v) is 7.80. The Bertz CT molecular complexity index is 1060. The molecule has 0 radical (unpaired) electrons. The fourth-order valence-electron chi connectivity index (χ4n) is 6.05. The highest BCUT2D eigenvalue weighted by Crippen LogP contribution is 2.52. The first-order chi connectivity index (χ1) is 14.7. The summed E-state index contributed by atoms with van der Waals surface area (Å²) in [6, 6.07) is 6.66. The van der Waals surface area contributed by atoms with E-state index in [0.29, 0.717) is 0 Å². The number of allylic oxidation sites excluding steroid dienone is 2. The molecule has 4 heteroatoms. The van der Waals surface area contributed by atoms with Gasteiger partial charge in [0.15, 0.2) is 0 Å². The monoisotopic (exact) mass is 417 g/mol. The van der Waals surface area contributed by atoms with E-state index in [1.807, 2.05) is 6.08 Å². The Morgan fingerprint density at radius 1 is 1.23 bits per heavy atom. The number of hydrogen-bond acceptors (Lipinski definition) is 2. The number of aromatic amines is 1. The lowest BCUT2D eigenvalue weighted by Crippen LogP contribution is -2.59. The lowest BCUT2D eigenvalue weighted by Gasteiger charge is -2.55. The molecular formula is C27H35N3O. The van der Waals surface area contributed by atoms with Crippen molar-refractivity contribution >= 4 is 16.8 Å². The molecule has 2 heterocycles. The number of benzene rings is 1. The molecule has 2 aromatic rings. The van der Waals surface area contributed by atoms with Crippen molar-refractivity contribution in [3.63, 3.8) is 0 Å². The van der Waals surface area contributed by atoms with Crippen molar-refractivity contribution in [1.29, 1.82) is 0 Å². The number of carbonyl (C=O) groups is 1. The first-order valence-corrected chi connectivity index (χ1v) is 11.3. The number of H-pyrrole nitrogens is 1. The maximum atomic E-state index is 12.8. The minimum atomic E-state index is -0.270. The summed E-state index contributed by atoms with van der Waals surface area (Å²) >= 11 is 0. The van der Waals surface area contributed by atoms with E-state index in [9.17, 15) is 4.79 Å². The van der Waals surface area contributed by atoms with Crippen molar-refractivity contribution in [3.05, 3.63) is 72.0 Å². The molecule has 1 amide bonds. The van der Waals surface area contributed by atoms with E-state index in [0.717, 1.165) is 44.2 Å². The normalized spacial score (nSPS) is 26.0. The molecule has 2 aliphatic rings. The van der Waals surface area contributed by atoms with Crippen molar-refractivity contribution in [2.45, 2.75) is 57.0 Å². The topological polar surface area (TPSA) is 39.3 Å². The van der Waals surface area contributed by atoms with Gasteiger partial charge in [-0.15, -0.1) is 0 Å². The zero-order valence-corrected chi connectivity index (χ0v) is 19.4. The number of hydrogen-bond donors (Lipinski definition) is 1. The van der Waals surface area contributed by atoms with Gasteiger partial charge in [-0.3, -0.25) is 9.69 Å². The van der Waals surface area contributed by atoms with E-state index < -0.39 is 0 Å². The number of nitrogens with zero attached hydrogens (tertiary/aromatic N) is 2. The number of rotatable bonds is 4. The van der Waals surface area contributed by atoms with Crippen LogP contribution < -0.4 is 0 Å². The van der Waals surface area contributed by atoms with Crippen LogP contribution in [-0.2, 0) is 16.8 Å². The zero-order valence-electron chi connectivity index (χ0n) is 19.4. The van der Waals surface area contributed by atoms with Gasteiger partial charge in [-0.2, -0.15) is 0 Å². The van der Waals surface area contributed by atoms with Crippen molar-refractivity contribution in [3.8, 4) is 0 Å². The van der Waals surface area contributed by atoms with Crippen LogP contribution in [0.3, 0.4) is 0 Å². The summed E-state index contributed by atoms with van der Waals surface area (Å²) in [4.78, 5) is 21.0. The van der Waals surface area contributed by atoms with Gasteiger partial charge >= 0.3 is 0 Å². The molecule has 164 valence electrons. The zero-order chi connectivity index (χ0) is 22.4. The standard InChI is InChI=1S/C27H35N3O/c1-7-8-9-20(3)26(29(5)6)13-15-27(16-14-26)25-23(12-17-30(27)21(4)31)22-11-10-19(2)18-24(22)28-25/h7-11,18,28H,1,3,12-17H2,2,4-6H3/b9-8-. The first kappa shape index (κ1) is 21.6. The van der Waals surface area contributed by atoms with Gasteiger partial charge in [-0.25, -0.2) is 0 Å². The van der Waals surface area contributed by atoms with Crippen LogP contribution in [0.2, 0.25) is 0 Å². The lowest BCUT2D eigenvalue weighted by molar-refractivity contribution is -0.139. The largest absolute Gasteiger partial charge is 0.356 e. The summed E-state index contributed by atoms with van der Waals surface area (Å²) in [5, 5.41) is 1.31. The molecule has 1 N–H and O–H groups in total. The number of likely N-dealkylation sites (N-methyl/N-ethyl adjacent to an activating group) is 1. The third-order valence-electron chi connectivity index (χ3n) is 7.80. The number of nitrogens with one attached hydrogen (secondary N) is 1. The Kier molecular flexibility index (Phi) is 5.47. The molecule has 1 aliphatic carbocycles. The highest BCUT2D eigenvalue weighted by molar-refractivity contribution is 5.87. The second kappa shape index (κ2) is 7.83. The quantitative estimate of drug-likeness (QED) is 0.690. The smallest absolute Gasteiger partial charge is 0.220 e. The third kappa shape index (κ3) is 3.28. The van der Waals surface area contributed by atoms with E-state index in [2.05, 4.69) is 73.2 Å². The van der Waals surface area contributed by atoms with Crippen molar-refractivity contribution in [1.82, 2.24) is 14.8 Å². The van der Waals surface area contributed by atoms with Crippen LogP contribution >= 0.6 is 0 Å². The molecule has 31 heavy (non-hydrogen) atoms. The van der Waals surface area contributed by atoms with Crippen LogP contribution in [0.1, 0.15) is 49.4 Å². The molecule has 4 rings (SSSR count). The molecule has 1 fully saturated rings. The summed E-state index contributed by atoms with van der Waals surface area (Å²) in [5.41, 5.74) is 5.85. The van der Waals surface area contributed by atoms with Crippen LogP contribution in [-0.4, -0.2) is 46.9 Å². The van der Waals surface area contributed by atoms with Gasteiger partial charge in [0.1, 0.15) is 0 Å². The van der Waals surface area contributed by atoms with Crippen LogP contribution in [0.4, 0.5) is 0 Å². The highest BCUT2D eigenvalue weighted by Gasteiger charge is 2.52. The second-order valence-corrected chi connectivity index (χ2v) is 9.53. The number of aromatic nitrogens is 1. The van der Waals surface area contributed by atoms with Gasteiger partial charge in [0.2, 0.25) is 5.91 Å². The minimum Gasteiger partial charge on any atom is -0.356 e. The molecule has 4 nitrogen and oxygen atoms in total. The average Bonchev–Trinajstić information content (AvgIpc) is 3.11. The number of carbonyl (C=O) groups excluding carboxylic acids is 1. The average molecular weight is 418 g/mol. The Labute approximate surface area is 186 Å². The Hall–Kier alpha value is -2.59. The predicted octanol–water partition coefficient (Wildman–Crippen LogP) is 5.25. The van der Waals surface area contributed by atoms with Gasteiger partial charge in [-0.1, -0.05) is 43.5 Å². The minimum absolute atomic E-state index is 0.104. The maximum Gasteiger partial charge on any atom is 0.220 e. The Balaban J connectivity index is 1.79. The summed E-state index contributed by atoms with van der Waals surface area (Å²) in [6.07, 6.45) is 10.5. The Morgan fingerprint density at radius 2 is 1.94 bits per heavy atom. The highest BCUT2D eigenvalue weighted by atomic mass is 16.2. The molecule has 0 saturated heterocycles. The van der Waals surface area contributed by atoms with Crippen LogP contribution in [0.5, 0.6) is 0 Å². The number of aryl methyl sites for hydroxylation is 1. The molecule has 1 aromatic carbocycles. The molecular weight excluding hydrogens is 382 g/mol. The number of amides is 1. The molecule has 1 spiro atoms. The van der Waals surface area contributed by atoms with Crippen molar-refractivity contribution < 1.29 is 4.79 Å². The van der Waals surface area contributed by atoms with E-state index >= 15 is 0 Å². The second-order valence-electron chi connectivity index (χ2n) is 9.53. The van der Waals surface area contributed by atoms with Gasteiger partial charge in [0, 0.05) is 35.6 Å². The van der Waals surface area contributed by atoms with E-state index in [4.69, 9.17) is 0 Å². The molecule has 1 aliphatic heterocycles. The van der Waals surface area contributed by atoms with Crippen LogP contribution in [0.15, 0.2) is 55.2 Å². The van der Waals surface area contributed by atoms with Gasteiger partial charge in [0.05, 0.1) is 5.54 Å². The van der Waals surface area contributed by atoms with Gasteiger partial charge < -0.3 is 9.88 Å². The van der Waals surface area contributed by atoms with Crippen molar-refractivity contribution in [2.24, 2.45) is 0 Å². The molecule has 0 unspecified atom stereocenters. The molecule has 0 bridgehead atoms. The molecule has 1 aromatic heterocycles. The van der Waals surface area contributed by atoms with Gasteiger partial charge in [-0.05, 0) is 75.9 Å². The van der Waals surface area contributed by atoms with Gasteiger partial charge in [0.25, 0.3) is 0 Å². The lowest BCUT2D eigenvalue weighted by atomic mass is 9.65. The van der Waals surface area contributed by atoms with Crippen molar-refractivity contribution in [2.75, 3.05) is 20.6 Å². The summed E-state index contributed by atoms with van der Waals surface area (Å²) < 4.78 is 0. The first-order valence-electron chi connectivity index (χ1n) is 11.3. The van der Waals surface area contributed by atoms with Crippen LogP contribution in [0, 0.1) is 6.92 Å². The summed E-state index contributed by atoms with van der Waals surface area (Å²) in [5.74, 6) is 0.170. The fourth-order valence-corrected chi connectivity index (χ4v) is 6.05. The van der Waals surface area contributed by atoms with Crippen LogP contribution in [0.25, 0.3) is 10.9 Å². The van der Waals surface area contributed by atoms with E-state index in [1.165, 1.54) is 27.7 Å². The summed E-state index contributed by atoms with van der Waals surface area (Å²) in [6.45, 7) is 12.9. The number of fused-ring (bicyclic) bond motifs is 4. The fraction of sp³-hybridized carbons (Fsp3) is 0.444. The maximum absolute atomic E-state index is 12.8. The Morgan fingerprint density at radius 3 is 2.55 bits per heavy atom. The summed E-state index contributed by atoms with van der Waals surface area (Å²) in [7, 11) is 4.29. The van der Waals surface area contributed by atoms with E-state index in [1.54, 1.807) is 13.0 Å². The van der Waals surface area contributed by atoms with E-state index in [-0.39, 0.29) is 17.0 Å². The SMILES string of the molecule is C=C/C=C\C(=C)C1(N(C)C)CCC2(CC1)c1[nH]c3cc(C)ccc3c1CCN2C(C)=O. The molecule has 0 atom stereocenters. The molecule has 1 saturated carbocycles.